The molecule has 7 heteroatoms. The van der Waals surface area contributed by atoms with Crippen LogP contribution in [0.4, 0.5) is 5.82 Å². The summed E-state index contributed by atoms with van der Waals surface area (Å²) in [6, 6.07) is 3.31. The summed E-state index contributed by atoms with van der Waals surface area (Å²) < 4.78 is 5.27. The minimum atomic E-state index is -0.744. The van der Waals surface area contributed by atoms with Gasteiger partial charge >= 0.3 is 5.97 Å². The molecule has 116 valence electrons. The SMILES string of the molecule is CCOc1ccc(N2CCN(C(CC)C(=O)O)CC2)nn1. The second kappa shape index (κ2) is 7.21. The molecule has 0 aliphatic carbocycles. The normalized spacial score (nSPS) is 17.5. The van der Waals surface area contributed by atoms with Crippen molar-refractivity contribution in [3.8, 4) is 5.88 Å². The van der Waals surface area contributed by atoms with Crippen LogP contribution in [0, 0.1) is 0 Å². The van der Waals surface area contributed by atoms with Crippen molar-refractivity contribution < 1.29 is 14.6 Å². The number of aliphatic carboxylic acids is 1. The van der Waals surface area contributed by atoms with Gasteiger partial charge in [0.1, 0.15) is 6.04 Å². The first-order valence-corrected chi connectivity index (χ1v) is 7.34. The highest BCUT2D eigenvalue weighted by molar-refractivity contribution is 5.73. The number of carbonyl (C=O) groups is 1. The molecule has 0 aromatic carbocycles. The van der Waals surface area contributed by atoms with Crippen molar-refractivity contribution in [3.63, 3.8) is 0 Å². The molecular formula is C14H22N4O3. The zero-order valence-corrected chi connectivity index (χ0v) is 12.5. The van der Waals surface area contributed by atoms with Gasteiger partial charge in [-0.1, -0.05) is 6.92 Å². The number of aromatic nitrogens is 2. The molecule has 1 aromatic heterocycles. The molecule has 7 nitrogen and oxygen atoms in total. The second-order valence-corrected chi connectivity index (χ2v) is 4.95. The number of piperazine rings is 1. The predicted molar refractivity (Wildman–Crippen MR) is 78.7 cm³/mol. The van der Waals surface area contributed by atoms with Crippen LogP contribution in [0.5, 0.6) is 5.88 Å². The Hall–Kier alpha value is -1.89. The van der Waals surface area contributed by atoms with Gasteiger partial charge in [-0.25, -0.2) is 0 Å². The first-order chi connectivity index (χ1) is 10.2. The van der Waals surface area contributed by atoms with E-state index in [-0.39, 0.29) is 0 Å². The highest BCUT2D eigenvalue weighted by Gasteiger charge is 2.27. The standard InChI is InChI=1S/C14H22N4O3/c1-3-11(14(19)20)17-7-9-18(10-8-17)12-5-6-13(16-15-12)21-4-2/h5-6,11H,3-4,7-10H2,1-2H3,(H,19,20). The zero-order valence-electron chi connectivity index (χ0n) is 12.5. The monoisotopic (exact) mass is 294 g/mol. The van der Waals surface area contributed by atoms with E-state index in [0.717, 1.165) is 32.0 Å². The van der Waals surface area contributed by atoms with Gasteiger partial charge in [0.2, 0.25) is 5.88 Å². The summed E-state index contributed by atoms with van der Waals surface area (Å²) in [4.78, 5) is 15.3. The second-order valence-electron chi connectivity index (χ2n) is 4.95. The smallest absolute Gasteiger partial charge is 0.320 e. The molecule has 0 amide bonds. The van der Waals surface area contributed by atoms with Crippen molar-refractivity contribution in [2.45, 2.75) is 26.3 Å². The van der Waals surface area contributed by atoms with Crippen molar-refractivity contribution in [1.82, 2.24) is 15.1 Å². The molecule has 1 N–H and O–H groups in total. The third-order valence-electron chi connectivity index (χ3n) is 3.67. The molecule has 2 rings (SSSR count). The lowest BCUT2D eigenvalue weighted by Crippen LogP contribution is -2.52. The summed E-state index contributed by atoms with van der Waals surface area (Å²) in [5, 5.41) is 17.4. The Labute approximate surface area is 124 Å². The molecule has 1 aliphatic heterocycles. The van der Waals surface area contributed by atoms with Crippen molar-refractivity contribution in [2.75, 3.05) is 37.7 Å². The highest BCUT2D eigenvalue weighted by atomic mass is 16.5. The molecule has 1 atom stereocenters. The summed E-state index contributed by atoms with van der Waals surface area (Å²) in [7, 11) is 0. The van der Waals surface area contributed by atoms with Crippen molar-refractivity contribution in [1.29, 1.82) is 0 Å². The Balaban J connectivity index is 1.92. The molecule has 0 bridgehead atoms. The summed E-state index contributed by atoms with van der Waals surface area (Å²) >= 11 is 0. The zero-order chi connectivity index (χ0) is 15.2. The maximum atomic E-state index is 11.2. The molecule has 1 saturated heterocycles. The molecule has 1 aliphatic rings. The van der Waals surface area contributed by atoms with Gasteiger partial charge in [-0.15, -0.1) is 10.2 Å². The van der Waals surface area contributed by atoms with E-state index < -0.39 is 12.0 Å². The van der Waals surface area contributed by atoms with Gasteiger partial charge in [-0.05, 0) is 19.4 Å². The fraction of sp³-hybridized carbons (Fsp3) is 0.643. The van der Waals surface area contributed by atoms with Crippen molar-refractivity contribution in [3.05, 3.63) is 12.1 Å². The third kappa shape index (κ3) is 3.81. The van der Waals surface area contributed by atoms with E-state index in [1.54, 1.807) is 0 Å². The van der Waals surface area contributed by atoms with E-state index in [4.69, 9.17) is 4.74 Å². The molecular weight excluding hydrogens is 272 g/mol. The van der Waals surface area contributed by atoms with Gasteiger partial charge in [0.15, 0.2) is 5.82 Å². The molecule has 0 radical (unpaired) electrons. The van der Waals surface area contributed by atoms with Crippen LogP contribution in [0.15, 0.2) is 12.1 Å². The molecule has 21 heavy (non-hydrogen) atoms. The van der Waals surface area contributed by atoms with Gasteiger partial charge in [-0.3, -0.25) is 9.69 Å². The molecule has 1 unspecified atom stereocenters. The summed E-state index contributed by atoms with van der Waals surface area (Å²) in [5.41, 5.74) is 0. The predicted octanol–water partition coefficient (Wildman–Crippen LogP) is 0.861. The van der Waals surface area contributed by atoms with Crippen LogP contribution in [-0.4, -0.2) is 65.0 Å². The molecule has 1 aromatic rings. The fourth-order valence-corrected chi connectivity index (χ4v) is 2.56. The lowest BCUT2D eigenvalue weighted by molar-refractivity contribution is -0.143. The van der Waals surface area contributed by atoms with Crippen LogP contribution < -0.4 is 9.64 Å². The number of nitrogens with zero attached hydrogens (tertiary/aromatic N) is 4. The van der Waals surface area contributed by atoms with Gasteiger partial charge < -0.3 is 14.7 Å². The number of ether oxygens (including phenoxy) is 1. The first kappa shape index (κ1) is 15.5. The van der Waals surface area contributed by atoms with E-state index in [0.29, 0.717) is 18.9 Å². The minimum absolute atomic E-state index is 0.390. The van der Waals surface area contributed by atoms with Crippen molar-refractivity contribution >= 4 is 11.8 Å². The lowest BCUT2D eigenvalue weighted by atomic mass is 10.1. The number of rotatable bonds is 6. The highest BCUT2D eigenvalue weighted by Crippen LogP contribution is 2.17. The molecule has 2 heterocycles. The first-order valence-electron chi connectivity index (χ1n) is 7.34. The van der Waals surface area contributed by atoms with E-state index in [1.807, 2.05) is 30.9 Å². The van der Waals surface area contributed by atoms with Gasteiger partial charge in [0.05, 0.1) is 6.61 Å². The number of carboxylic acid groups (broad SMARTS) is 1. The average molecular weight is 294 g/mol. The summed E-state index contributed by atoms with van der Waals surface area (Å²) in [6.07, 6.45) is 0.623. The van der Waals surface area contributed by atoms with Gasteiger partial charge in [-0.2, -0.15) is 0 Å². The summed E-state index contributed by atoms with van der Waals surface area (Å²) in [5.74, 6) is 0.588. The van der Waals surface area contributed by atoms with Crippen LogP contribution in [-0.2, 0) is 4.79 Å². The van der Waals surface area contributed by atoms with E-state index in [9.17, 15) is 9.90 Å². The molecule has 1 fully saturated rings. The number of anilines is 1. The van der Waals surface area contributed by atoms with E-state index >= 15 is 0 Å². The Morgan fingerprint density at radius 1 is 1.29 bits per heavy atom. The number of carboxylic acids is 1. The topological polar surface area (TPSA) is 78.8 Å². The van der Waals surface area contributed by atoms with Crippen LogP contribution in [0.3, 0.4) is 0 Å². The molecule has 0 spiro atoms. The van der Waals surface area contributed by atoms with E-state index in [2.05, 4.69) is 15.1 Å². The maximum Gasteiger partial charge on any atom is 0.320 e. The fourth-order valence-electron chi connectivity index (χ4n) is 2.56. The van der Waals surface area contributed by atoms with Crippen LogP contribution in [0.1, 0.15) is 20.3 Å². The van der Waals surface area contributed by atoms with Crippen LogP contribution in [0.25, 0.3) is 0 Å². The van der Waals surface area contributed by atoms with Gasteiger partial charge in [0, 0.05) is 32.2 Å². The number of hydrogen-bond acceptors (Lipinski definition) is 6. The largest absolute Gasteiger partial charge is 0.480 e. The average Bonchev–Trinajstić information content (AvgIpc) is 2.49. The Kier molecular flexibility index (Phi) is 5.32. The molecule has 0 saturated carbocycles. The van der Waals surface area contributed by atoms with Gasteiger partial charge in [0.25, 0.3) is 0 Å². The number of hydrogen-bond donors (Lipinski definition) is 1. The van der Waals surface area contributed by atoms with Crippen LogP contribution in [0.2, 0.25) is 0 Å². The third-order valence-corrected chi connectivity index (χ3v) is 3.67. The Bertz CT molecular complexity index is 458. The van der Waals surface area contributed by atoms with Crippen molar-refractivity contribution in [2.24, 2.45) is 0 Å². The minimum Gasteiger partial charge on any atom is -0.480 e. The Morgan fingerprint density at radius 2 is 2.00 bits per heavy atom. The lowest BCUT2D eigenvalue weighted by Gasteiger charge is -2.37. The quantitative estimate of drug-likeness (QED) is 0.833. The van der Waals surface area contributed by atoms with E-state index in [1.165, 1.54) is 0 Å². The summed E-state index contributed by atoms with van der Waals surface area (Å²) in [6.45, 7) is 7.34. The Morgan fingerprint density at radius 3 is 2.48 bits per heavy atom. The maximum absolute atomic E-state index is 11.2. The van der Waals surface area contributed by atoms with Crippen LogP contribution >= 0.6 is 0 Å².